The van der Waals surface area contributed by atoms with E-state index in [1.807, 2.05) is 13.0 Å². The smallest absolute Gasteiger partial charge is 0.163 e. The van der Waals surface area contributed by atoms with Gasteiger partial charge in [0.25, 0.3) is 0 Å². The van der Waals surface area contributed by atoms with Gasteiger partial charge in [-0.1, -0.05) is 11.6 Å². The summed E-state index contributed by atoms with van der Waals surface area (Å²) < 4.78 is 6.78. The van der Waals surface area contributed by atoms with Gasteiger partial charge in [-0.2, -0.15) is 5.10 Å². The van der Waals surface area contributed by atoms with Crippen LogP contribution in [0.15, 0.2) is 24.4 Å². The summed E-state index contributed by atoms with van der Waals surface area (Å²) in [5, 5.41) is 4.71. The van der Waals surface area contributed by atoms with Crippen molar-refractivity contribution in [3.8, 4) is 11.4 Å². The zero-order valence-electron chi connectivity index (χ0n) is 10.4. The molecule has 0 bridgehead atoms. The van der Waals surface area contributed by atoms with Gasteiger partial charge in [-0.25, -0.2) is 4.68 Å². The number of benzene rings is 1. The van der Waals surface area contributed by atoms with Crippen LogP contribution in [0.25, 0.3) is 5.69 Å². The molecule has 0 unspecified atom stereocenters. The molecule has 0 atom stereocenters. The lowest BCUT2D eigenvalue weighted by molar-refractivity contribution is 0.101. The summed E-state index contributed by atoms with van der Waals surface area (Å²) in [5.74, 6) is 0.607. The van der Waals surface area contributed by atoms with Crippen LogP contribution >= 0.6 is 11.6 Å². The van der Waals surface area contributed by atoms with Gasteiger partial charge < -0.3 is 4.74 Å². The van der Waals surface area contributed by atoms with Crippen molar-refractivity contribution in [2.24, 2.45) is 0 Å². The Morgan fingerprint density at radius 1 is 1.44 bits per heavy atom. The van der Waals surface area contributed by atoms with E-state index in [0.717, 1.165) is 11.4 Å². The molecule has 2 rings (SSSR count). The van der Waals surface area contributed by atoms with E-state index in [1.165, 1.54) is 6.92 Å². The number of methoxy groups -OCH3 is 1. The minimum atomic E-state index is -0.00152. The first-order chi connectivity index (χ1) is 8.54. The van der Waals surface area contributed by atoms with Crippen LogP contribution < -0.4 is 4.74 Å². The lowest BCUT2D eigenvalue weighted by Crippen LogP contribution is -2.01. The number of rotatable bonds is 3. The second-order valence-electron chi connectivity index (χ2n) is 3.93. The van der Waals surface area contributed by atoms with E-state index >= 15 is 0 Å². The maximum atomic E-state index is 11.4. The quantitative estimate of drug-likeness (QED) is 0.801. The Kier molecular flexibility index (Phi) is 3.39. The Bertz CT molecular complexity index is 605. The van der Waals surface area contributed by atoms with Crippen molar-refractivity contribution in [1.29, 1.82) is 0 Å². The van der Waals surface area contributed by atoms with Crippen molar-refractivity contribution in [3.05, 3.63) is 40.7 Å². The average Bonchev–Trinajstić information content (AvgIpc) is 2.71. The van der Waals surface area contributed by atoms with E-state index < -0.39 is 0 Å². The molecule has 0 aliphatic rings. The highest BCUT2D eigenvalue weighted by Crippen LogP contribution is 2.27. The minimum Gasteiger partial charge on any atom is -0.495 e. The Morgan fingerprint density at radius 2 is 2.17 bits per heavy atom. The molecule has 18 heavy (non-hydrogen) atoms. The molecule has 1 aromatic carbocycles. The van der Waals surface area contributed by atoms with E-state index in [2.05, 4.69) is 5.10 Å². The summed E-state index contributed by atoms with van der Waals surface area (Å²) >= 11 is 6.07. The van der Waals surface area contributed by atoms with Gasteiger partial charge in [-0.3, -0.25) is 4.79 Å². The van der Waals surface area contributed by atoms with Crippen LogP contribution in [0.2, 0.25) is 5.02 Å². The molecule has 0 fully saturated rings. The molecule has 0 aliphatic heterocycles. The van der Waals surface area contributed by atoms with Crippen LogP contribution in [0, 0.1) is 6.92 Å². The number of carbonyl (C=O) groups excluding carboxylic acids is 1. The number of Topliss-reactive ketones (excluding diaryl/α,β-unsaturated/α-hetero) is 1. The van der Waals surface area contributed by atoms with Gasteiger partial charge in [0.15, 0.2) is 5.78 Å². The molecule has 0 saturated heterocycles. The highest BCUT2D eigenvalue weighted by molar-refractivity contribution is 6.32. The van der Waals surface area contributed by atoms with E-state index in [0.29, 0.717) is 16.3 Å². The highest BCUT2D eigenvalue weighted by Gasteiger charge is 2.12. The summed E-state index contributed by atoms with van der Waals surface area (Å²) in [6, 6.07) is 5.37. The van der Waals surface area contributed by atoms with Gasteiger partial charge in [-0.15, -0.1) is 0 Å². The molecule has 0 N–H and O–H groups in total. The molecular weight excluding hydrogens is 252 g/mol. The van der Waals surface area contributed by atoms with Crippen LogP contribution in [0.5, 0.6) is 5.75 Å². The maximum absolute atomic E-state index is 11.4. The molecule has 0 spiro atoms. The standard InChI is InChI=1S/C13H13ClN2O2/c1-8-11(9(2)17)7-15-16(8)10-4-5-13(18-3)12(14)6-10/h4-7H,1-3H3. The fourth-order valence-electron chi connectivity index (χ4n) is 1.80. The fourth-order valence-corrected chi connectivity index (χ4v) is 2.05. The third-order valence-corrected chi connectivity index (χ3v) is 3.06. The Labute approximate surface area is 110 Å². The van der Waals surface area contributed by atoms with Crippen molar-refractivity contribution in [1.82, 2.24) is 9.78 Å². The number of nitrogens with zero attached hydrogens (tertiary/aromatic N) is 2. The van der Waals surface area contributed by atoms with Gasteiger partial charge in [0.05, 0.1) is 35.3 Å². The van der Waals surface area contributed by atoms with Crippen LogP contribution in [0.3, 0.4) is 0 Å². The zero-order valence-corrected chi connectivity index (χ0v) is 11.2. The topological polar surface area (TPSA) is 44.1 Å². The highest BCUT2D eigenvalue weighted by atomic mass is 35.5. The molecule has 0 amide bonds. The van der Waals surface area contributed by atoms with Crippen molar-refractivity contribution in [3.63, 3.8) is 0 Å². The number of halogens is 1. The SMILES string of the molecule is COc1ccc(-n2ncc(C(C)=O)c2C)cc1Cl. The van der Waals surface area contributed by atoms with E-state index in [9.17, 15) is 4.79 Å². The van der Waals surface area contributed by atoms with E-state index in [1.54, 1.807) is 30.1 Å². The predicted molar refractivity (Wildman–Crippen MR) is 69.9 cm³/mol. The largest absolute Gasteiger partial charge is 0.495 e. The van der Waals surface area contributed by atoms with Gasteiger partial charge in [0.2, 0.25) is 0 Å². The summed E-state index contributed by atoms with van der Waals surface area (Å²) in [5.41, 5.74) is 2.21. The number of hydrogen-bond acceptors (Lipinski definition) is 3. The zero-order chi connectivity index (χ0) is 13.3. The summed E-state index contributed by atoms with van der Waals surface area (Å²) in [4.78, 5) is 11.4. The molecule has 1 heterocycles. The molecule has 0 radical (unpaired) electrons. The number of ether oxygens (including phenoxy) is 1. The molecule has 1 aromatic heterocycles. The average molecular weight is 265 g/mol. The maximum Gasteiger partial charge on any atom is 0.163 e. The number of hydrogen-bond donors (Lipinski definition) is 0. The van der Waals surface area contributed by atoms with Gasteiger partial charge >= 0.3 is 0 Å². The molecule has 0 saturated carbocycles. The van der Waals surface area contributed by atoms with E-state index in [-0.39, 0.29) is 5.78 Å². The molecule has 4 nitrogen and oxygen atoms in total. The van der Waals surface area contributed by atoms with Gasteiger partial charge in [-0.05, 0) is 32.0 Å². The summed E-state index contributed by atoms with van der Waals surface area (Å²) in [6.07, 6.45) is 1.57. The van der Waals surface area contributed by atoms with Gasteiger partial charge in [0, 0.05) is 0 Å². The molecule has 0 aliphatic carbocycles. The first-order valence-electron chi connectivity index (χ1n) is 5.44. The molecule has 2 aromatic rings. The first kappa shape index (κ1) is 12.6. The molecule has 94 valence electrons. The van der Waals surface area contributed by atoms with Crippen molar-refractivity contribution >= 4 is 17.4 Å². The number of aromatic nitrogens is 2. The molecular formula is C13H13ClN2O2. The lowest BCUT2D eigenvalue weighted by atomic mass is 10.2. The fraction of sp³-hybridized carbons (Fsp3) is 0.231. The molecule has 5 heteroatoms. The van der Waals surface area contributed by atoms with Crippen LogP contribution in [0.1, 0.15) is 23.0 Å². The normalized spacial score (nSPS) is 10.4. The lowest BCUT2D eigenvalue weighted by Gasteiger charge is -2.08. The Morgan fingerprint density at radius 3 is 2.67 bits per heavy atom. The number of ketones is 1. The Hall–Kier alpha value is -1.81. The van der Waals surface area contributed by atoms with Crippen molar-refractivity contribution in [2.75, 3.05) is 7.11 Å². The third kappa shape index (κ3) is 2.11. The summed E-state index contributed by atoms with van der Waals surface area (Å²) in [6.45, 7) is 3.37. The van der Waals surface area contributed by atoms with Crippen molar-refractivity contribution < 1.29 is 9.53 Å². The van der Waals surface area contributed by atoms with E-state index in [4.69, 9.17) is 16.3 Å². The minimum absolute atomic E-state index is 0.00152. The third-order valence-electron chi connectivity index (χ3n) is 2.77. The van der Waals surface area contributed by atoms with Crippen LogP contribution in [0.4, 0.5) is 0 Å². The second-order valence-corrected chi connectivity index (χ2v) is 4.34. The second kappa shape index (κ2) is 4.82. The first-order valence-corrected chi connectivity index (χ1v) is 5.82. The Balaban J connectivity index is 2.49. The van der Waals surface area contributed by atoms with Crippen LogP contribution in [-0.4, -0.2) is 22.7 Å². The van der Waals surface area contributed by atoms with Gasteiger partial charge in [0.1, 0.15) is 5.75 Å². The summed E-state index contributed by atoms with van der Waals surface area (Å²) in [7, 11) is 1.56. The number of carbonyl (C=O) groups is 1. The monoisotopic (exact) mass is 264 g/mol. The predicted octanol–water partition coefficient (Wildman–Crippen LogP) is 3.05. The van der Waals surface area contributed by atoms with Crippen LogP contribution in [-0.2, 0) is 0 Å². The van der Waals surface area contributed by atoms with Crippen molar-refractivity contribution in [2.45, 2.75) is 13.8 Å².